The van der Waals surface area contributed by atoms with Crippen LogP contribution in [0.3, 0.4) is 0 Å². The third-order valence-corrected chi connectivity index (χ3v) is 3.94. The SMILES string of the molecule is Nc1ccc2c(=O)[nH]cnc2c1.O=c1[nH]cnc2cc(I)ccc12. The van der Waals surface area contributed by atoms with Gasteiger partial charge in [0.25, 0.3) is 11.1 Å². The van der Waals surface area contributed by atoms with Crippen molar-refractivity contribution in [2.45, 2.75) is 0 Å². The van der Waals surface area contributed by atoms with Crippen molar-refractivity contribution < 1.29 is 0 Å². The van der Waals surface area contributed by atoms with Crippen molar-refractivity contribution in [2.24, 2.45) is 0 Å². The summed E-state index contributed by atoms with van der Waals surface area (Å²) >= 11 is 2.19. The largest absolute Gasteiger partial charge is 0.399 e. The minimum Gasteiger partial charge on any atom is -0.399 e. The van der Waals surface area contributed by atoms with Crippen LogP contribution in [-0.4, -0.2) is 19.9 Å². The van der Waals surface area contributed by atoms with Gasteiger partial charge in [-0.25, -0.2) is 9.97 Å². The van der Waals surface area contributed by atoms with Gasteiger partial charge < -0.3 is 15.7 Å². The molecule has 0 aliphatic rings. The number of H-pyrrole nitrogens is 2. The molecule has 2 aromatic carbocycles. The number of anilines is 1. The maximum atomic E-state index is 11.2. The second-order valence-electron chi connectivity index (χ2n) is 4.90. The molecule has 8 heteroatoms. The molecule has 4 aromatic rings. The molecule has 4 rings (SSSR count). The van der Waals surface area contributed by atoms with Gasteiger partial charge in [0.1, 0.15) is 0 Å². The minimum atomic E-state index is -0.139. The lowest BCUT2D eigenvalue weighted by atomic mass is 10.2. The molecule has 0 atom stereocenters. The quantitative estimate of drug-likeness (QED) is 0.290. The van der Waals surface area contributed by atoms with Crippen molar-refractivity contribution >= 4 is 50.1 Å². The van der Waals surface area contributed by atoms with Gasteiger partial charge in [0, 0.05) is 9.26 Å². The highest BCUT2D eigenvalue weighted by Crippen LogP contribution is 2.11. The van der Waals surface area contributed by atoms with Gasteiger partial charge in [-0.2, -0.15) is 0 Å². The van der Waals surface area contributed by atoms with E-state index in [1.165, 1.54) is 12.7 Å². The minimum absolute atomic E-state index is 0.0867. The van der Waals surface area contributed by atoms with Gasteiger partial charge in [0.15, 0.2) is 0 Å². The predicted octanol–water partition coefficient (Wildman–Crippen LogP) is 2.03. The van der Waals surface area contributed by atoms with Crippen LogP contribution in [0.5, 0.6) is 0 Å². The molecule has 0 saturated carbocycles. The van der Waals surface area contributed by atoms with Crippen molar-refractivity contribution in [2.75, 3.05) is 5.73 Å². The normalized spacial score (nSPS) is 10.4. The summed E-state index contributed by atoms with van der Waals surface area (Å²) in [6.07, 6.45) is 2.78. The fourth-order valence-electron chi connectivity index (χ4n) is 2.13. The Bertz CT molecular complexity index is 1050. The number of benzene rings is 2. The molecular formula is C16H12IN5O2. The highest BCUT2D eigenvalue weighted by Gasteiger charge is 1.98. The zero-order valence-corrected chi connectivity index (χ0v) is 14.4. The number of hydrogen-bond acceptors (Lipinski definition) is 5. The summed E-state index contributed by atoms with van der Waals surface area (Å²) in [7, 11) is 0. The molecule has 0 saturated heterocycles. The van der Waals surface area contributed by atoms with Crippen molar-refractivity contribution in [3.05, 3.63) is 73.3 Å². The summed E-state index contributed by atoms with van der Waals surface area (Å²) in [5.41, 5.74) is 7.27. The number of nitrogen functional groups attached to an aromatic ring is 1. The fourth-order valence-corrected chi connectivity index (χ4v) is 2.60. The highest BCUT2D eigenvalue weighted by atomic mass is 127. The van der Waals surface area contributed by atoms with E-state index in [1.54, 1.807) is 24.3 Å². The van der Waals surface area contributed by atoms with Crippen LogP contribution in [0, 0.1) is 3.57 Å². The Balaban J connectivity index is 0.000000141. The molecule has 0 spiro atoms. The van der Waals surface area contributed by atoms with E-state index < -0.39 is 0 Å². The lowest BCUT2D eigenvalue weighted by Crippen LogP contribution is -2.06. The van der Waals surface area contributed by atoms with Gasteiger partial charge in [0.05, 0.1) is 34.5 Å². The first-order valence-electron chi connectivity index (χ1n) is 6.90. The molecule has 0 unspecified atom stereocenters. The third kappa shape index (κ3) is 3.43. The number of hydrogen-bond donors (Lipinski definition) is 3. The Hall–Kier alpha value is -2.75. The Labute approximate surface area is 149 Å². The summed E-state index contributed by atoms with van der Waals surface area (Å²) in [6.45, 7) is 0. The van der Waals surface area contributed by atoms with Crippen molar-refractivity contribution in [1.82, 2.24) is 19.9 Å². The van der Waals surface area contributed by atoms with Crippen LogP contribution < -0.4 is 16.9 Å². The average molecular weight is 433 g/mol. The molecule has 4 N–H and O–H groups in total. The fraction of sp³-hybridized carbons (Fsp3) is 0. The van der Waals surface area contributed by atoms with Gasteiger partial charge in [-0.15, -0.1) is 0 Å². The molecule has 24 heavy (non-hydrogen) atoms. The van der Waals surface area contributed by atoms with Crippen molar-refractivity contribution in [3.8, 4) is 0 Å². The summed E-state index contributed by atoms with van der Waals surface area (Å²) < 4.78 is 1.08. The van der Waals surface area contributed by atoms with E-state index in [0.717, 1.165) is 9.09 Å². The molecular weight excluding hydrogens is 421 g/mol. The van der Waals surface area contributed by atoms with Crippen LogP contribution in [0.1, 0.15) is 0 Å². The van der Waals surface area contributed by atoms with E-state index in [9.17, 15) is 9.59 Å². The van der Waals surface area contributed by atoms with Crippen LogP contribution in [0.25, 0.3) is 21.8 Å². The lowest BCUT2D eigenvalue weighted by molar-refractivity contribution is 1.17. The number of fused-ring (bicyclic) bond motifs is 2. The van der Waals surface area contributed by atoms with Gasteiger partial charge >= 0.3 is 0 Å². The zero-order chi connectivity index (χ0) is 17.1. The van der Waals surface area contributed by atoms with Crippen molar-refractivity contribution in [3.63, 3.8) is 0 Å². The lowest BCUT2D eigenvalue weighted by Gasteiger charge is -1.95. The molecule has 2 heterocycles. The molecule has 2 aromatic heterocycles. The molecule has 0 fully saturated rings. The van der Waals surface area contributed by atoms with Gasteiger partial charge in [-0.3, -0.25) is 9.59 Å². The number of rotatable bonds is 0. The monoisotopic (exact) mass is 433 g/mol. The predicted molar refractivity (Wildman–Crippen MR) is 102 cm³/mol. The average Bonchev–Trinajstić information content (AvgIpc) is 2.55. The summed E-state index contributed by atoms with van der Waals surface area (Å²) in [6, 6.07) is 10.6. The van der Waals surface area contributed by atoms with Crippen LogP contribution in [0.15, 0.2) is 58.6 Å². The Morgan fingerprint density at radius 3 is 2.00 bits per heavy atom. The molecule has 0 aliphatic heterocycles. The first-order valence-corrected chi connectivity index (χ1v) is 7.98. The summed E-state index contributed by atoms with van der Waals surface area (Å²) in [5, 5.41) is 1.20. The van der Waals surface area contributed by atoms with E-state index in [2.05, 4.69) is 42.5 Å². The molecule has 0 aliphatic carbocycles. The van der Waals surface area contributed by atoms with Crippen LogP contribution >= 0.6 is 22.6 Å². The topological polar surface area (TPSA) is 118 Å². The van der Waals surface area contributed by atoms with Crippen LogP contribution in [-0.2, 0) is 0 Å². The highest BCUT2D eigenvalue weighted by molar-refractivity contribution is 14.1. The van der Waals surface area contributed by atoms with Crippen LogP contribution in [0.4, 0.5) is 5.69 Å². The maximum absolute atomic E-state index is 11.2. The summed E-state index contributed by atoms with van der Waals surface area (Å²) in [5.74, 6) is 0. The first kappa shape index (κ1) is 16.1. The van der Waals surface area contributed by atoms with E-state index in [1.807, 2.05) is 12.1 Å². The standard InChI is InChI=1S/C8H5IN2O.C8H7N3O/c2*9-5-1-2-6-7(3-5)10-4-11-8(6)12/h1-4H,(H,10,11,12);1-4H,9H2,(H,10,11,12). The number of aromatic amines is 2. The van der Waals surface area contributed by atoms with E-state index in [0.29, 0.717) is 22.0 Å². The third-order valence-electron chi connectivity index (χ3n) is 3.27. The Morgan fingerprint density at radius 1 is 0.833 bits per heavy atom. The van der Waals surface area contributed by atoms with E-state index in [4.69, 9.17) is 5.73 Å². The zero-order valence-electron chi connectivity index (χ0n) is 12.3. The maximum Gasteiger partial charge on any atom is 0.258 e. The van der Waals surface area contributed by atoms with Gasteiger partial charge in [-0.1, -0.05) is 0 Å². The Morgan fingerprint density at radius 2 is 1.38 bits per heavy atom. The van der Waals surface area contributed by atoms with Gasteiger partial charge in [-0.05, 0) is 59.0 Å². The molecule has 0 radical (unpaired) electrons. The first-order chi connectivity index (χ1) is 11.5. The molecule has 0 amide bonds. The van der Waals surface area contributed by atoms with Gasteiger partial charge in [0.2, 0.25) is 0 Å². The van der Waals surface area contributed by atoms with Crippen molar-refractivity contribution in [1.29, 1.82) is 0 Å². The Kier molecular flexibility index (Phi) is 4.56. The second-order valence-corrected chi connectivity index (χ2v) is 6.15. The smallest absolute Gasteiger partial charge is 0.258 e. The van der Waals surface area contributed by atoms with Crippen LogP contribution in [0.2, 0.25) is 0 Å². The second kappa shape index (κ2) is 6.79. The number of nitrogens with zero attached hydrogens (tertiary/aromatic N) is 2. The molecule has 7 nitrogen and oxygen atoms in total. The van der Waals surface area contributed by atoms with E-state index in [-0.39, 0.29) is 11.1 Å². The molecule has 0 bridgehead atoms. The van der Waals surface area contributed by atoms with E-state index >= 15 is 0 Å². The number of halogens is 1. The summed E-state index contributed by atoms with van der Waals surface area (Å²) in [4.78, 5) is 35.4. The number of aromatic nitrogens is 4. The number of nitrogens with two attached hydrogens (primary N) is 1. The number of nitrogens with one attached hydrogen (secondary N) is 2. The molecule has 120 valence electrons.